The molecule has 108 valence electrons. The van der Waals surface area contributed by atoms with Gasteiger partial charge in [0.15, 0.2) is 0 Å². The number of H-pyrrole nitrogens is 2. The smallest absolute Gasteiger partial charge is 0.306 e. The Balaban J connectivity index is 1.95. The van der Waals surface area contributed by atoms with Crippen molar-refractivity contribution >= 4 is 42.9 Å². The molecule has 1 atom stereocenters. The second kappa shape index (κ2) is 6.06. The van der Waals surface area contributed by atoms with Gasteiger partial charge in [0, 0.05) is 9.30 Å². The molecule has 1 aliphatic rings. The minimum absolute atomic E-state index is 0.148. The number of rotatable bonds is 2. The van der Waals surface area contributed by atoms with Gasteiger partial charge in [-0.3, -0.25) is 0 Å². The lowest BCUT2D eigenvalue weighted by Gasteiger charge is -2.22. The third kappa shape index (κ3) is 2.89. The van der Waals surface area contributed by atoms with Crippen LogP contribution < -0.4 is 5.69 Å². The van der Waals surface area contributed by atoms with Crippen LogP contribution in [-0.4, -0.2) is 9.97 Å². The van der Waals surface area contributed by atoms with Crippen molar-refractivity contribution in [3.63, 3.8) is 0 Å². The van der Waals surface area contributed by atoms with Crippen LogP contribution >= 0.6 is 31.9 Å². The average Bonchev–Trinajstić information content (AvgIpc) is 2.64. The number of halogens is 2. The quantitative estimate of drug-likeness (QED) is 0.538. The Morgan fingerprint density at radius 3 is 2.30 bits per heavy atom. The van der Waals surface area contributed by atoms with Crippen LogP contribution in [-0.2, 0) is 0 Å². The van der Waals surface area contributed by atoms with E-state index in [9.17, 15) is 4.79 Å². The van der Waals surface area contributed by atoms with E-state index in [0.717, 1.165) is 15.5 Å². The maximum absolute atomic E-state index is 11.4. The standard InChI is InChI=1S/C15H18Br2N2O/c16-11-8-13-12(18-15(20)19-13)7-10(11)14(17)9-5-3-1-2-4-6-9/h7-9,14H,1-6H2,(H2,18,19,20). The van der Waals surface area contributed by atoms with E-state index >= 15 is 0 Å². The van der Waals surface area contributed by atoms with Gasteiger partial charge in [0.1, 0.15) is 0 Å². The summed E-state index contributed by atoms with van der Waals surface area (Å²) in [7, 11) is 0. The normalized spacial score (nSPS) is 19.1. The van der Waals surface area contributed by atoms with Crippen molar-refractivity contribution in [1.82, 2.24) is 9.97 Å². The lowest BCUT2D eigenvalue weighted by atomic mass is 9.92. The number of hydrogen-bond donors (Lipinski definition) is 2. The Hall–Kier alpha value is -0.550. The summed E-state index contributed by atoms with van der Waals surface area (Å²) < 4.78 is 1.06. The first-order valence-corrected chi connectivity index (χ1v) is 8.91. The van der Waals surface area contributed by atoms with E-state index in [2.05, 4.69) is 47.9 Å². The topological polar surface area (TPSA) is 48.6 Å². The summed E-state index contributed by atoms with van der Waals surface area (Å²) in [5.74, 6) is 0.678. The van der Waals surface area contributed by atoms with Crippen LogP contribution in [0.5, 0.6) is 0 Å². The van der Waals surface area contributed by atoms with Gasteiger partial charge in [-0.05, 0) is 36.5 Å². The molecule has 1 fully saturated rings. The largest absolute Gasteiger partial charge is 0.323 e. The summed E-state index contributed by atoms with van der Waals surface area (Å²) in [6, 6.07) is 4.08. The summed E-state index contributed by atoms with van der Waals surface area (Å²) in [5, 5.41) is 0. The van der Waals surface area contributed by atoms with Gasteiger partial charge >= 0.3 is 5.69 Å². The zero-order valence-corrected chi connectivity index (χ0v) is 14.4. The fourth-order valence-electron chi connectivity index (χ4n) is 3.14. The van der Waals surface area contributed by atoms with Gasteiger partial charge in [-0.2, -0.15) is 0 Å². The molecular weight excluding hydrogens is 384 g/mol. The van der Waals surface area contributed by atoms with Crippen LogP contribution in [0, 0.1) is 5.92 Å². The molecule has 0 amide bonds. The molecule has 1 aliphatic carbocycles. The van der Waals surface area contributed by atoms with Crippen molar-refractivity contribution in [2.45, 2.75) is 43.4 Å². The molecular formula is C15H18Br2N2O. The predicted octanol–water partition coefficient (Wildman–Crippen LogP) is 5.03. The Bertz CT molecular complexity index is 653. The van der Waals surface area contributed by atoms with Crippen molar-refractivity contribution in [2.75, 3.05) is 0 Å². The molecule has 2 N–H and O–H groups in total. The van der Waals surface area contributed by atoms with Gasteiger partial charge in [0.2, 0.25) is 0 Å². The average molecular weight is 402 g/mol. The molecule has 1 aromatic heterocycles. The summed E-state index contributed by atoms with van der Waals surface area (Å²) in [6.07, 6.45) is 7.94. The Kier molecular flexibility index (Phi) is 4.36. The number of imidazole rings is 1. The first-order valence-electron chi connectivity index (χ1n) is 7.20. The Morgan fingerprint density at radius 1 is 1.05 bits per heavy atom. The van der Waals surface area contributed by atoms with Crippen molar-refractivity contribution < 1.29 is 0 Å². The van der Waals surface area contributed by atoms with E-state index in [1.807, 2.05) is 6.07 Å². The van der Waals surface area contributed by atoms with Gasteiger partial charge in [0.25, 0.3) is 0 Å². The molecule has 1 unspecified atom stereocenters. The fraction of sp³-hybridized carbons (Fsp3) is 0.533. The number of nitrogens with one attached hydrogen (secondary N) is 2. The summed E-state index contributed by atoms with van der Waals surface area (Å²) >= 11 is 7.54. The van der Waals surface area contributed by atoms with Gasteiger partial charge < -0.3 is 9.97 Å². The number of fused-ring (bicyclic) bond motifs is 1. The summed E-state index contributed by atoms with van der Waals surface area (Å²) in [5.41, 5.74) is 2.82. The molecule has 0 radical (unpaired) electrons. The van der Waals surface area contributed by atoms with E-state index in [-0.39, 0.29) is 5.69 Å². The highest BCUT2D eigenvalue weighted by atomic mass is 79.9. The second-order valence-electron chi connectivity index (χ2n) is 5.65. The molecule has 5 heteroatoms. The first kappa shape index (κ1) is 14.4. The molecule has 1 heterocycles. The molecule has 2 aromatic rings. The van der Waals surface area contributed by atoms with E-state index < -0.39 is 0 Å². The van der Waals surface area contributed by atoms with E-state index in [4.69, 9.17) is 0 Å². The number of alkyl halides is 1. The highest BCUT2D eigenvalue weighted by Gasteiger charge is 2.24. The van der Waals surface area contributed by atoms with Gasteiger partial charge in [-0.15, -0.1) is 0 Å². The van der Waals surface area contributed by atoms with Crippen molar-refractivity contribution in [3.05, 3.63) is 32.7 Å². The minimum Gasteiger partial charge on any atom is -0.306 e. The van der Waals surface area contributed by atoms with Crippen LogP contribution in [0.25, 0.3) is 11.0 Å². The third-order valence-corrected chi connectivity index (χ3v) is 6.17. The lowest BCUT2D eigenvalue weighted by Crippen LogP contribution is -2.07. The molecule has 1 aromatic carbocycles. The zero-order valence-electron chi connectivity index (χ0n) is 11.2. The first-order chi connectivity index (χ1) is 9.65. The summed E-state index contributed by atoms with van der Waals surface area (Å²) in [4.78, 5) is 17.4. The maximum Gasteiger partial charge on any atom is 0.323 e. The molecule has 0 aliphatic heterocycles. The fourth-order valence-corrected chi connectivity index (χ4v) is 4.95. The molecule has 3 rings (SSSR count). The number of aromatic nitrogens is 2. The zero-order chi connectivity index (χ0) is 14.1. The van der Waals surface area contributed by atoms with Crippen LogP contribution in [0.1, 0.15) is 48.9 Å². The predicted molar refractivity (Wildman–Crippen MR) is 89.5 cm³/mol. The van der Waals surface area contributed by atoms with Crippen LogP contribution in [0.15, 0.2) is 21.4 Å². The van der Waals surface area contributed by atoms with Crippen LogP contribution in [0.4, 0.5) is 0 Å². The third-order valence-electron chi connectivity index (χ3n) is 4.24. The van der Waals surface area contributed by atoms with Gasteiger partial charge in [-0.25, -0.2) is 4.79 Å². The number of hydrogen-bond acceptors (Lipinski definition) is 1. The van der Waals surface area contributed by atoms with E-state index in [0.29, 0.717) is 10.7 Å². The number of aromatic amines is 2. The Labute approximate surface area is 134 Å². The lowest BCUT2D eigenvalue weighted by molar-refractivity contribution is 0.454. The monoisotopic (exact) mass is 400 g/mol. The molecule has 3 nitrogen and oxygen atoms in total. The highest BCUT2D eigenvalue weighted by molar-refractivity contribution is 9.11. The molecule has 0 saturated heterocycles. The highest BCUT2D eigenvalue weighted by Crippen LogP contribution is 2.42. The maximum atomic E-state index is 11.4. The van der Waals surface area contributed by atoms with Crippen molar-refractivity contribution in [1.29, 1.82) is 0 Å². The van der Waals surface area contributed by atoms with Crippen molar-refractivity contribution in [3.8, 4) is 0 Å². The minimum atomic E-state index is -0.148. The second-order valence-corrected chi connectivity index (χ2v) is 7.49. The SMILES string of the molecule is O=c1[nH]c2cc(Br)c(C(Br)C3CCCCCC3)cc2[nH]1. The molecule has 0 spiro atoms. The summed E-state index contributed by atoms with van der Waals surface area (Å²) in [6.45, 7) is 0. The molecule has 1 saturated carbocycles. The molecule has 0 bridgehead atoms. The van der Waals surface area contributed by atoms with Gasteiger partial charge in [-0.1, -0.05) is 57.5 Å². The van der Waals surface area contributed by atoms with Gasteiger partial charge in [0.05, 0.1) is 11.0 Å². The van der Waals surface area contributed by atoms with Crippen LogP contribution in [0.3, 0.4) is 0 Å². The molecule has 20 heavy (non-hydrogen) atoms. The van der Waals surface area contributed by atoms with E-state index in [1.165, 1.54) is 44.1 Å². The van der Waals surface area contributed by atoms with E-state index in [1.54, 1.807) is 0 Å². The van der Waals surface area contributed by atoms with Crippen molar-refractivity contribution in [2.24, 2.45) is 5.92 Å². The number of benzene rings is 1. The Morgan fingerprint density at radius 2 is 1.65 bits per heavy atom. The van der Waals surface area contributed by atoms with Crippen LogP contribution in [0.2, 0.25) is 0 Å².